The van der Waals surface area contributed by atoms with E-state index >= 15 is 0 Å². The zero-order valence-electron chi connectivity index (χ0n) is 15.5. The van der Waals surface area contributed by atoms with Crippen molar-refractivity contribution in [3.05, 3.63) is 42.0 Å². The molecule has 0 spiro atoms. The molecule has 0 aliphatic carbocycles. The molecule has 1 amide bonds. The number of hydrogen-bond donors (Lipinski definition) is 2. The Hall–Kier alpha value is -1.77. The number of nitrogens with one attached hydrogen (secondary N) is 2. The SMILES string of the molecule is C=CCNC(=NCC(=O)N(C)C)NCCc1cc(C)ccc1OC.I. The minimum absolute atomic E-state index is 0. The molecule has 0 heterocycles. The molecule has 0 aliphatic heterocycles. The summed E-state index contributed by atoms with van der Waals surface area (Å²) in [5.41, 5.74) is 2.33. The van der Waals surface area contributed by atoms with Gasteiger partial charge in [-0.05, 0) is 25.0 Å². The number of aryl methyl sites for hydroxylation is 1. The molecule has 0 fully saturated rings. The molecule has 0 aliphatic rings. The normalized spacial score (nSPS) is 10.5. The first-order chi connectivity index (χ1) is 11.5. The van der Waals surface area contributed by atoms with Gasteiger partial charge in [-0.1, -0.05) is 23.8 Å². The Morgan fingerprint density at radius 3 is 2.68 bits per heavy atom. The van der Waals surface area contributed by atoms with Gasteiger partial charge in [-0.15, -0.1) is 30.6 Å². The molecule has 0 bridgehead atoms. The molecule has 0 atom stereocenters. The number of rotatable bonds is 8. The quantitative estimate of drug-likeness (QED) is 0.270. The van der Waals surface area contributed by atoms with E-state index in [2.05, 4.69) is 35.2 Å². The van der Waals surface area contributed by atoms with Crippen LogP contribution in [0.1, 0.15) is 11.1 Å². The van der Waals surface area contributed by atoms with E-state index in [-0.39, 0.29) is 36.4 Å². The summed E-state index contributed by atoms with van der Waals surface area (Å²) in [5, 5.41) is 6.34. The zero-order valence-corrected chi connectivity index (χ0v) is 17.8. The fourth-order valence-corrected chi connectivity index (χ4v) is 2.05. The lowest BCUT2D eigenvalue weighted by molar-refractivity contribution is -0.127. The molecule has 1 aromatic carbocycles. The lowest BCUT2D eigenvalue weighted by Crippen LogP contribution is -2.39. The van der Waals surface area contributed by atoms with Crippen LogP contribution in [0.4, 0.5) is 0 Å². The highest BCUT2D eigenvalue weighted by atomic mass is 127. The highest BCUT2D eigenvalue weighted by Gasteiger charge is 2.06. The van der Waals surface area contributed by atoms with Gasteiger partial charge < -0.3 is 20.3 Å². The second-order valence-electron chi connectivity index (χ2n) is 5.61. The Balaban J connectivity index is 0.00000576. The summed E-state index contributed by atoms with van der Waals surface area (Å²) in [6.07, 6.45) is 2.54. The van der Waals surface area contributed by atoms with E-state index in [0.29, 0.717) is 19.0 Å². The summed E-state index contributed by atoms with van der Waals surface area (Å²) in [7, 11) is 5.10. The van der Waals surface area contributed by atoms with Crippen molar-refractivity contribution in [3.8, 4) is 5.75 Å². The van der Waals surface area contributed by atoms with E-state index in [1.54, 1.807) is 27.3 Å². The minimum Gasteiger partial charge on any atom is -0.496 e. The summed E-state index contributed by atoms with van der Waals surface area (Å²) < 4.78 is 5.39. The number of halogens is 1. The van der Waals surface area contributed by atoms with Crippen molar-refractivity contribution in [2.45, 2.75) is 13.3 Å². The largest absolute Gasteiger partial charge is 0.496 e. The number of carbonyl (C=O) groups excluding carboxylic acids is 1. The van der Waals surface area contributed by atoms with Gasteiger partial charge in [0.25, 0.3) is 0 Å². The van der Waals surface area contributed by atoms with Crippen LogP contribution < -0.4 is 15.4 Å². The van der Waals surface area contributed by atoms with Gasteiger partial charge in [0.15, 0.2) is 5.96 Å². The summed E-state index contributed by atoms with van der Waals surface area (Å²) >= 11 is 0. The zero-order chi connectivity index (χ0) is 17.9. The Labute approximate surface area is 167 Å². The third kappa shape index (κ3) is 8.76. The molecule has 140 valence electrons. The maximum absolute atomic E-state index is 11.7. The molecule has 1 aromatic rings. The van der Waals surface area contributed by atoms with Crippen LogP contribution in [-0.4, -0.2) is 57.6 Å². The summed E-state index contributed by atoms with van der Waals surface area (Å²) in [6.45, 7) is 7.10. The van der Waals surface area contributed by atoms with Crippen LogP contribution >= 0.6 is 24.0 Å². The van der Waals surface area contributed by atoms with Crippen LogP contribution in [0.2, 0.25) is 0 Å². The molecule has 0 saturated heterocycles. The summed E-state index contributed by atoms with van der Waals surface area (Å²) in [4.78, 5) is 17.5. The second kappa shape index (κ2) is 12.6. The lowest BCUT2D eigenvalue weighted by atomic mass is 10.1. The van der Waals surface area contributed by atoms with Crippen molar-refractivity contribution in [1.29, 1.82) is 0 Å². The number of carbonyl (C=O) groups is 1. The molecule has 0 unspecified atom stereocenters. The van der Waals surface area contributed by atoms with Crippen molar-refractivity contribution in [2.24, 2.45) is 4.99 Å². The second-order valence-corrected chi connectivity index (χ2v) is 5.61. The molecule has 0 saturated carbocycles. The topological polar surface area (TPSA) is 66.0 Å². The molecular weight excluding hydrogens is 431 g/mol. The predicted octanol–water partition coefficient (Wildman–Crippen LogP) is 1.97. The maximum atomic E-state index is 11.7. The molecule has 1 rings (SSSR count). The number of amides is 1. The van der Waals surface area contributed by atoms with Gasteiger partial charge in [0, 0.05) is 27.2 Å². The van der Waals surface area contributed by atoms with E-state index in [1.165, 1.54) is 10.5 Å². The van der Waals surface area contributed by atoms with Gasteiger partial charge in [0.05, 0.1) is 7.11 Å². The van der Waals surface area contributed by atoms with Crippen molar-refractivity contribution in [2.75, 3.05) is 40.8 Å². The first-order valence-corrected chi connectivity index (χ1v) is 7.94. The van der Waals surface area contributed by atoms with Crippen LogP contribution in [0.3, 0.4) is 0 Å². The third-order valence-electron chi connectivity index (χ3n) is 3.41. The van der Waals surface area contributed by atoms with Gasteiger partial charge in [-0.3, -0.25) is 4.79 Å². The Bertz CT molecular complexity index is 588. The molecule has 0 radical (unpaired) electrons. The number of nitrogens with zero attached hydrogens (tertiary/aromatic N) is 2. The standard InChI is InChI=1S/C18H28N4O2.HI/c1-6-10-19-18(21-13-17(23)22(3)4)20-11-9-15-12-14(2)7-8-16(15)24-5;/h6-8,12H,1,9-11,13H2,2-5H3,(H2,19,20,21);1H. The Kier molecular flexibility index (Phi) is 11.7. The Morgan fingerprint density at radius 1 is 1.36 bits per heavy atom. The van der Waals surface area contributed by atoms with Gasteiger partial charge in [0.1, 0.15) is 12.3 Å². The van der Waals surface area contributed by atoms with Crippen LogP contribution in [-0.2, 0) is 11.2 Å². The van der Waals surface area contributed by atoms with Crippen molar-refractivity contribution >= 4 is 35.8 Å². The molecule has 7 heteroatoms. The average Bonchev–Trinajstić information content (AvgIpc) is 2.56. The highest BCUT2D eigenvalue weighted by molar-refractivity contribution is 14.0. The first kappa shape index (κ1) is 23.2. The third-order valence-corrected chi connectivity index (χ3v) is 3.41. The maximum Gasteiger partial charge on any atom is 0.243 e. The molecule has 0 aromatic heterocycles. The molecule has 2 N–H and O–H groups in total. The van der Waals surface area contributed by atoms with E-state index < -0.39 is 0 Å². The number of aliphatic imine (C=N–C) groups is 1. The van der Waals surface area contributed by atoms with Crippen LogP contribution in [0.5, 0.6) is 5.75 Å². The van der Waals surface area contributed by atoms with Gasteiger partial charge in [-0.25, -0.2) is 4.99 Å². The molecular formula is C18H29IN4O2. The summed E-state index contributed by atoms with van der Waals surface area (Å²) in [5.74, 6) is 1.43. The highest BCUT2D eigenvalue weighted by Crippen LogP contribution is 2.19. The van der Waals surface area contributed by atoms with E-state index in [9.17, 15) is 4.79 Å². The van der Waals surface area contributed by atoms with Gasteiger partial charge in [-0.2, -0.15) is 0 Å². The molecule has 6 nitrogen and oxygen atoms in total. The van der Waals surface area contributed by atoms with E-state index in [0.717, 1.165) is 17.7 Å². The average molecular weight is 460 g/mol. The molecule has 25 heavy (non-hydrogen) atoms. The van der Waals surface area contributed by atoms with E-state index in [1.807, 2.05) is 12.1 Å². The Morgan fingerprint density at radius 2 is 2.08 bits per heavy atom. The first-order valence-electron chi connectivity index (χ1n) is 7.94. The number of methoxy groups -OCH3 is 1. The van der Waals surface area contributed by atoms with Crippen molar-refractivity contribution in [1.82, 2.24) is 15.5 Å². The van der Waals surface area contributed by atoms with Crippen molar-refractivity contribution < 1.29 is 9.53 Å². The number of benzene rings is 1. The van der Waals surface area contributed by atoms with E-state index in [4.69, 9.17) is 4.74 Å². The van der Waals surface area contributed by atoms with Gasteiger partial charge >= 0.3 is 0 Å². The smallest absolute Gasteiger partial charge is 0.243 e. The number of hydrogen-bond acceptors (Lipinski definition) is 3. The monoisotopic (exact) mass is 460 g/mol. The van der Waals surface area contributed by atoms with Crippen LogP contribution in [0.15, 0.2) is 35.8 Å². The van der Waals surface area contributed by atoms with Crippen LogP contribution in [0.25, 0.3) is 0 Å². The number of ether oxygens (including phenoxy) is 1. The number of guanidine groups is 1. The lowest BCUT2D eigenvalue weighted by Gasteiger charge is -2.14. The fraction of sp³-hybridized carbons (Fsp3) is 0.444. The predicted molar refractivity (Wildman–Crippen MR) is 114 cm³/mol. The minimum atomic E-state index is -0.0462. The van der Waals surface area contributed by atoms with Crippen molar-refractivity contribution in [3.63, 3.8) is 0 Å². The number of likely N-dealkylation sites (N-methyl/N-ethyl adjacent to an activating group) is 1. The summed E-state index contributed by atoms with van der Waals surface area (Å²) in [6, 6.07) is 6.12. The van der Waals surface area contributed by atoms with Gasteiger partial charge in [0.2, 0.25) is 5.91 Å². The van der Waals surface area contributed by atoms with Crippen LogP contribution in [0, 0.1) is 6.92 Å². The fourth-order valence-electron chi connectivity index (χ4n) is 2.05.